The number of hydrogen-bond acceptors (Lipinski definition) is 3. The summed E-state index contributed by atoms with van der Waals surface area (Å²) in [5, 5.41) is 0. The van der Waals surface area contributed by atoms with Gasteiger partial charge in [0.2, 0.25) is 0 Å². The Hall–Kier alpha value is -2.01. The molecule has 0 atom stereocenters. The first-order valence-electron chi connectivity index (χ1n) is 6.31. The Labute approximate surface area is 123 Å². The molecule has 0 aliphatic heterocycles. The van der Waals surface area contributed by atoms with Crippen molar-refractivity contribution in [2.75, 3.05) is 6.26 Å². The molecule has 0 saturated carbocycles. The number of halogens is 1. The third-order valence-electron chi connectivity index (χ3n) is 3.27. The minimum Gasteiger partial charge on any atom is -0.289 e. The Balaban J connectivity index is 2.46. The van der Waals surface area contributed by atoms with Crippen molar-refractivity contribution in [1.82, 2.24) is 0 Å². The fraction of sp³-hybridized carbons (Fsp3) is 0.188. The molecule has 0 unspecified atom stereocenters. The smallest absolute Gasteiger partial charge is 0.193 e. The van der Waals surface area contributed by atoms with Gasteiger partial charge in [-0.05, 0) is 61.4 Å². The lowest BCUT2D eigenvalue weighted by atomic mass is 9.95. The van der Waals surface area contributed by atoms with Crippen molar-refractivity contribution in [3.05, 3.63) is 64.5 Å². The maximum Gasteiger partial charge on any atom is 0.193 e. The highest BCUT2D eigenvalue weighted by Gasteiger charge is 2.16. The van der Waals surface area contributed by atoms with Crippen LogP contribution in [-0.2, 0) is 9.84 Å². The maximum atomic E-state index is 13.3. The first-order valence-corrected chi connectivity index (χ1v) is 8.21. The predicted octanol–water partition coefficient (Wildman–Crippen LogP) is 3.08. The van der Waals surface area contributed by atoms with E-state index in [0.29, 0.717) is 22.3 Å². The molecule has 3 nitrogen and oxygen atoms in total. The quantitative estimate of drug-likeness (QED) is 0.819. The van der Waals surface area contributed by atoms with Crippen molar-refractivity contribution in [2.45, 2.75) is 18.7 Å². The lowest BCUT2D eigenvalue weighted by Crippen LogP contribution is -2.07. The predicted molar refractivity (Wildman–Crippen MR) is 78.9 cm³/mol. The van der Waals surface area contributed by atoms with Crippen molar-refractivity contribution in [3.63, 3.8) is 0 Å². The summed E-state index contributed by atoms with van der Waals surface area (Å²) >= 11 is 0. The Morgan fingerprint density at radius 2 is 1.48 bits per heavy atom. The number of ketones is 1. The van der Waals surface area contributed by atoms with Crippen LogP contribution < -0.4 is 0 Å². The van der Waals surface area contributed by atoms with Gasteiger partial charge in [-0.1, -0.05) is 0 Å². The number of benzene rings is 2. The highest BCUT2D eigenvalue weighted by molar-refractivity contribution is 7.90. The fourth-order valence-electron chi connectivity index (χ4n) is 2.27. The SMILES string of the molecule is Cc1cc(F)cc(C)c1C(=O)c1ccc(S(C)(=O)=O)cc1. The highest BCUT2D eigenvalue weighted by Crippen LogP contribution is 2.21. The van der Waals surface area contributed by atoms with Gasteiger partial charge < -0.3 is 0 Å². The average Bonchev–Trinajstić information content (AvgIpc) is 2.36. The van der Waals surface area contributed by atoms with E-state index in [1.807, 2.05) is 0 Å². The van der Waals surface area contributed by atoms with Crippen LogP contribution in [0.3, 0.4) is 0 Å². The van der Waals surface area contributed by atoms with Crippen molar-refractivity contribution >= 4 is 15.6 Å². The van der Waals surface area contributed by atoms with E-state index in [1.54, 1.807) is 13.8 Å². The third-order valence-corrected chi connectivity index (χ3v) is 4.40. The van der Waals surface area contributed by atoms with Crippen LogP contribution in [0.15, 0.2) is 41.3 Å². The summed E-state index contributed by atoms with van der Waals surface area (Å²) in [5.74, 6) is -0.626. The van der Waals surface area contributed by atoms with Gasteiger partial charge in [0.05, 0.1) is 4.90 Å². The van der Waals surface area contributed by atoms with Crippen LogP contribution in [0.4, 0.5) is 4.39 Å². The van der Waals surface area contributed by atoms with Gasteiger partial charge in [-0.15, -0.1) is 0 Å². The molecule has 0 aliphatic carbocycles. The van der Waals surface area contributed by atoms with Gasteiger partial charge in [-0.2, -0.15) is 0 Å². The lowest BCUT2D eigenvalue weighted by molar-refractivity contribution is 0.103. The van der Waals surface area contributed by atoms with Crippen molar-refractivity contribution in [1.29, 1.82) is 0 Å². The Bertz CT molecular complexity index is 783. The van der Waals surface area contributed by atoms with Crippen molar-refractivity contribution in [3.8, 4) is 0 Å². The fourth-order valence-corrected chi connectivity index (χ4v) is 2.90. The van der Waals surface area contributed by atoms with E-state index < -0.39 is 9.84 Å². The van der Waals surface area contributed by atoms with E-state index in [-0.39, 0.29) is 16.5 Å². The van der Waals surface area contributed by atoms with Crippen LogP contribution in [0.5, 0.6) is 0 Å². The van der Waals surface area contributed by atoms with Crippen molar-refractivity contribution in [2.24, 2.45) is 0 Å². The normalized spacial score (nSPS) is 11.4. The second kappa shape index (κ2) is 5.41. The van der Waals surface area contributed by atoms with Gasteiger partial charge in [0.1, 0.15) is 5.82 Å². The highest BCUT2D eigenvalue weighted by atomic mass is 32.2. The molecule has 5 heteroatoms. The lowest BCUT2D eigenvalue weighted by Gasteiger charge is -2.09. The van der Waals surface area contributed by atoms with Gasteiger partial charge in [-0.3, -0.25) is 4.79 Å². The second-order valence-corrected chi connectivity index (χ2v) is 7.06. The number of sulfone groups is 1. The van der Waals surface area contributed by atoms with Crippen molar-refractivity contribution < 1.29 is 17.6 Å². The molecule has 0 aliphatic rings. The van der Waals surface area contributed by atoms with Crippen LogP contribution in [0.25, 0.3) is 0 Å². The Kier molecular flexibility index (Phi) is 3.96. The van der Waals surface area contributed by atoms with E-state index in [0.717, 1.165) is 6.26 Å². The van der Waals surface area contributed by atoms with Crippen LogP contribution in [-0.4, -0.2) is 20.5 Å². The maximum absolute atomic E-state index is 13.3. The summed E-state index contributed by atoms with van der Waals surface area (Å²) in [6.45, 7) is 3.35. The van der Waals surface area contributed by atoms with E-state index in [1.165, 1.54) is 36.4 Å². The Morgan fingerprint density at radius 1 is 1.00 bits per heavy atom. The van der Waals surface area contributed by atoms with Gasteiger partial charge in [-0.25, -0.2) is 12.8 Å². The summed E-state index contributed by atoms with van der Waals surface area (Å²) in [6, 6.07) is 8.37. The van der Waals surface area contributed by atoms with Gasteiger partial charge in [0.25, 0.3) is 0 Å². The first-order chi connectivity index (χ1) is 9.70. The molecule has 21 heavy (non-hydrogen) atoms. The van der Waals surface area contributed by atoms with Gasteiger partial charge in [0, 0.05) is 17.4 Å². The average molecular weight is 306 g/mol. The molecule has 0 amide bonds. The molecular weight excluding hydrogens is 291 g/mol. The molecule has 0 fully saturated rings. The summed E-state index contributed by atoms with van der Waals surface area (Å²) < 4.78 is 36.1. The molecular formula is C16H15FO3S. The first kappa shape index (κ1) is 15.4. The monoisotopic (exact) mass is 306 g/mol. The van der Waals surface area contributed by atoms with Crippen LogP contribution in [0.1, 0.15) is 27.0 Å². The molecule has 0 N–H and O–H groups in total. The topological polar surface area (TPSA) is 51.2 Å². The molecule has 0 bridgehead atoms. The van der Waals surface area contributed by atoms with Gasteiger partial charge in [0.15, 0.2) is 15.6 Å². The van der Waals surface area contributed by atoms with E-state index in [4.69, 9.17) is 0 Å². The van der Waals surface area contributed by atoms with Crippen LogP contribution >= 0.6 is 0 Å². The number of carbonyl (C=O) groups is 1. The Morgan fingerprint density at radius 3 is 1.90 bits per heavy atom. The minimum absolute atomic E-state index is 0.159. The molecule has 110 valence electrons. The second-order valence-electron chi connectivity index (χ2n) is 5.04. The number of aryl methyl sites for hydroxylation is 2. The van der Waals surface area contributed by atoms with E-state index in [2.05, 4.69) is 0 Å². The molecule has 2 aromatic carbocycles. The van der Waals surface area contributed by atoms with Gasteiger partial charge >= 0.3 is 0 Å². The molecule has 0 heterocycles. The zero-order chi connectivity index (χ0) is 15.8. The summed E-state index contributed by atoms with van der Waals surface area (Å²) in [7, 11) is -3.29. The molecule has 2 rings (SSSR count). The van der Waals surface area contributed by atoms with Crippen LogP contribution in [0.2, 0.25) is 0 Å². The van der Waals surface area contributed by atoms with E-state index >= 15 is 0 Å². The zero-order valence-corrected chi connectivity index (χ0v) is 12.8. The minimum atomic E-state index is -3.29. The molecule has 0 saturated heterocycles. The summed E-state index contributed by atoms with van der Waals surface area (Å²) in [6.07, 6.45) is 1.11. The number of hydrogen-bond donors (Lipinski definition) is 0. The molecule has 2 aromatic rings. The largest absolute Gasteiger partial charge is 0.289 e. The van der Waals surface area contributed by atoms with Crippen LogP contribution in [0, 0.1) is 19.7 Å². The molecule has 0 aromatic heterocycles. The molecule has 0 radical (unpaired) electrons. The number of carbonyl (C=O) groups excluding carboxylic acids is 1. The summed E-state index contributed by atoms with van der Waals surface area (Å²) in [4.78, 5) is 12.6. The summed E-state index contributed by atoms with van der Waals surface area (Å²) in [5.41, 5.74) is 1.94. The molecule has 0 spiro atoms. The zero-order valence-electron chi connectivity index (χ0n) is 12.0. The number of rotatable bonds is 3. The third kappa shape index (κ3) is 3.19. The van der Waals surface area contributed by atoms with E-state index in [9.17, 15) is 17.6 Å². The standard InChI is InChI=1S/C16H15FO3S/c1-10-8-13(17)9-11(2)15(10)16(18)12-4-6-14(7-5-12)21(3,19)20/h4-9H,1-3H3.